The number of carbonyl (C=O) groups is 1. The van der Waals surface area contributed by atoms with E-state index in [-0.39, 0.29) is 24.6 Å². The van der Waals surface area contributed by atoms with Crippen LogP contribution >= 0.6 is 0 Å². The molecule has 0 heterocycles. The van der Waals surface area contributed by atoms with E-state index >= 15 is 0 Å². The molecule has 0 aromatic rings. The lowest BCUT2D eigenvalue weighted by Gasteiger charge is -2.20. The predicted molar refractivity (Wildman–Crippen MR) is 57.2 cm³/mol. The molecule has 0 unspecified atom stereocenters. The van der Waals surface area contributed by atoms with E-state index in [9.17, 15) is 4.79 Å². The molecule has 0 aliphatic heterocycles. The molecule has 0 aromatic heterocycles. The minimum atomic E-state index is -0.189. The van der Waals surface area contributed by atoms with Crippen molar-refractivity contribution in [1.82, 2.24) is 10.6 Å². The Morgan fingerprint density at radius 3 is 2.50 bits per heavy atom. The second-order valence-electron chi connectivity index (χ2n) is 3.79. The van der Waals surface area contributed by atoms with Crippen LogP contribution in [0.4, 0.5) is 4.79 Å². The number of amides is 2. The zero-order chi connectivity index (χ0) is 11.0. The van der Waals surface area contributed by atoms with Gasteiger partial charge in [-0.25, -0.2) is 4.79 Å². The van der Waals surface area contributed by atoms with Gasteiger partial charge in [0.05, 0.1) is 12.6 Å². The van der Waals surface area contributed by atoms with Crippen LogP contribution in [0.1, 0.15) is 33.6 Å². The number of urea groups is 1. The Kier molecular flexibility index (Phi) is 7.20. The molecule has 0 saturated heterocycles. The van der Waals surface area contributed by atoms with Gasteiger partial charge in [-0.1, -0.05) is 27.2 Å². The van der Waals surface area contributed by atoms with E-state index in [0.29, 0.717) is 6.54 Å². The number of hydrogen-bond donors (Lipinski definition) is 3. The maximum Gasteiger partial charge on any atom is 0.315 e. The van der Waals surface area contributed by atoms with Crippen molar-refractivity contribution in [2.24, 2.45) is 5.92 Å². The molecule has 0 aliphatic carbocycles. The summed E-state index contributed by atoms with van der Waals surface area (Å²) in [5.74, 6) is 0.247. The van der Waals surface area contributed by atoms with Gasteiger partial charge >= 0.3 is 6.03 Å². The average Bonchev–Trinajstić information content (AvgIpc) is 2.14. The summed E-state index contributed by atoms with van der Waals surface area (Å²) in [4.78, 5) is 11.3. The highest BCUT2D eigenvalue weighted by atomic mass is 16.3. The number of hydrogen-bond acceptors (Lipinski definition) is 2. The molecule has 84 valence electrons. The Balaban J connectivity index is 3.68. The Morgan fingerprint density at radius 2 is 2.07 bits per heavy atom. The van der Waals surface area contributed by atoms with E-state index in [4.69, 9.17) is 5.11 Å². The maximum atomic E-state index is 11.3. The summed E-state index contributed by atoms with van der Waals surface area (Å²) in [6, 6.07) is -0.345. The van der Waals surface area contributed by atoms with Crippen LogP contribution in [-0.4, -0.2) is 30.3 Å². The topological polar surface area (TPSA) is 61.4 Å². The minimum Gasteiger partial charge on any atom is -0.394 e. The van der Waals surface area contributed by atoms with Crippen molar-refractivity contribution in [2.45, 2.75) is 39.7 Å². The third-order valence-electron chi connectivity index (χ3n) is 2.13. The minimum absolute atomic E-state index is 0.0150. The lowest BCUT2D eigenvalue weighted by atomic mass is 10.1. The monoisotopic (exact) mass is 202 g/mol. The van der Waals surface area contributed by atoms with Crippen LogP contribution in [-0.2, 0) is 0 Å². The maximum absolute atomic E-state index is 11.3. The van der Waals surface area contributed by atoms with Crippen LogP contribution in [0.25, 0.3) is 0 Å². The summed E-state index contributed by atoms with van der Waals surface area (Å²) < 4.78 is 0. The summed E-state index contributed by atoms with van der Waals surface area (Å²) >= 11 is 0. The number of aliphatic hydroxyl groups is 1. The van der Waals surface area contributed by atoms with Gasteiger partial charge in [-0.2, -0.15) is 0 Å². The first-order valence-corrected chi connectivity index (χ1v) is 5.27. The van der Waals surface area contributed by atoms with Crippen LogP contribution in [0.2, 0.25) is 0 Å². The van der Waals surface area contributed by atoms with Crippen molar-refractivity contribution in [3.8, 4) is 0 Å². The van der Waals surface area contributed by atoms with Gasteiger partial charge in [0.2, 0.25) is 0 Å². The number of rotatable bonds is 6. The molecule has 14 heavy (non-hydrogen) atoms. The SMILES string of the molecule is CCCCNC(=O)N[C@H](CO)C(C)C. The number of nitrogens with one attached hydrogen (secondary N) is 2. The Hall–Kier alpha value is -0.770. The van der Waals surface area contributed by atoms with E-state index in [1.807, 2.05) is 13.8 Å². The number of carbonyl (C=O) groups excluding carboxylic acids is 1. The van der Waals surface area contributed by atoms with Gasteiger partial charge in [-0.15, -0.1) is 0 Å². The molecule has 4 nitrogen and oxygen atoms in total. The molecule has 1 atom stereocenters. The third kappa shape index (κ3) is 5.80. The molecular formula is C10H22N2O2. The average molecular weight is 202 g/mol. The molecule has 3 N–H and O–H groups in total. The molecule has 4 heteroatoms. The summed E-state index contributed by atoms with van der Waals surface area (Å²) in [5.41, 5.74) is 0. The first-order chi connectivity index (χ1) is 6.61. The molecule has 0 saturated carbocycles. The van der Waals surface area contributed by atoms with Crippen molar-refractivity contribution >= 4 is 6.03 Å². The molecule has 0 bridgehead atoms. The van der Waals surface area contributed by atoms with E-state index in [0.717, 1.165) is 12.8 Å². The molecule has 0 radical (unpaired) electrons. The largest absolute Gasteiger partial charge is 0.394 e. The second kappa shape index (κ2) is 7.62. The first kappa shape index (κ1) is 13.2. The molecule has 2 amide bonds. The molecule has 0 rings (SSSR count). The van der Waals surface area contributed by atoms with Crippen LogP contribution < -0.4 is 10.6 Å². The zero-order valence-electron chi connectivity index (χ0n) is 9.34. The fourth-order valence-electron chi connectivity index (χ4n) is 1.02. The smallest absolute Gasteiger partial charge is 0.315 e. The highest BCUT2D eigenvalue weighted by molar-refractivity contribution is 5.74. The molecule has 0 aliphatic rings. The van der Waals surface area contributed by atoms with Crippen LogP contribution in [0, 0.1) is 5.92 Å². The fraction of sp³-hybridized carbons (Fsp3) is 0.900. The van der Waals surface area contributed by atoms with Gasteiger partial charge in [0.1, 0.15) is 0 Å². The van der Waals surface area contributed by atoms with E-state index in [1.165, 1.54) is 0 Å². The molecule has 0 spiro atoms. The first-order valence-electron chi connectivity index (χ1n) is 5.27. The van der Waals surface area contributed by atoms with Gasteiger partial charge in [-0.05, 0) is 12.3 Å². The number of unbranched alkanes of at least 4 members (excludes halogenated alkanes) is 1. The van der Waals surface area contributed by atoms with Gasteiger partial charge in [-0.3, -0.25) is 0 Å². The summed E-state index contributed by atoms with van der Waals surface area (Å²) in [7, 11) is 0. The van der Waals surface area contributed by atoms with E-state index < -0.39 is 0 Å². The van der Waals surface area contributed by atoms with E-state index in [1.54, 1.807) is 0 Å². The van der Waals surface area contributed by atoms with Crippen molar-refractivity contribution in [2.75, 3.05) is 13.2 Å². The standard InChI is InChI=1S/C10H22N2O2/c1-4-5-6-11-10(14)12-9(7-13)8(2)3/h8-9,13H,4-7H2,1-3H3,(H2,11,12,14)/t9-/m1/s1. The highest BCUT2D eigenvalue weighted by Gasteiger charge is 2.13. The fourth-order valence-corrected chi connectivity index (χ4v) is 1.02. The molecule has 0 aromatic carbocycles. The Labute approximate surface area is 86.1 Å². The van der Waals surface area contributed by atoms with Crippen LogP contribution in [0.3, 0.4) is 0 Å². The Morgan fingerprint density at radius 1 is 1.43 bits per heavy atom. The lowest BCUT2D eigenvalue weighted by Crippen LogP contribution is -2.46. The molecule has 0 fully saturated rings. The van der Waals surface area contributed by atoms with Gasteiger partial charge < -0.3 is 15.7 Å². The van der Waals surface area contributed by atoms with Gasteiger partial charge in [0, 0.05) is 6.54 Å². The van der Waals surface area contributed by atoms with Crippen molar-refractivity contribution in [3.05, 3.63) is 0 Å². The zero-order valence-corrected chi connectivity index (χ0v) is 9.34. The lowest BCUT2D eigenvalue weighted by molar-refractivity contribution is 0.198. The molecular weight excluding hydrogens is 180 g/mol. The van der Waals surface area contributed by atoms with Gasteiger partial charge in [0.25, 0.3) is 0 Å². The third-order valence-corrected chi connectivity index (χ3v) is 2.13. The normalized spacial score (nSPS) is 12.6. The Bertz CT molecular complexity index is 160. The quantitative estimate of drug-likeness (QED) is 0.565. The highest BCUT2D eigenvalue weighted by Crippen LogP contribution is 1.99. The summed E-state index contributed by atoms with van der Waals surface area (Å²) in [6.45, 7) is 6.68. The second-order valence-corrected chi connectivity index (χ2v) is 3.79. The number of aliphatic hydroxyl groups excluding tert-OH is 1. The van der Waals surface area contributed by atoms with Crippen molar-refractivity contribution in [3.63, 3.8) is 0 Å². The van der Waals surface area contributed by atoms with E-state index in [2.05, 4.69) is 17.6 Å². The van der Waals surface area contributed by atoms with Gasteiger partial charge in [0.15, 0.2) is 0 Å². The predicted octanol–water partition coefficient (Wildman–Crippen LogP) is 1.10. The summed E-state index contributed by atoms with van der Waals surface area (Å²) in [6.07, 6.45) is 2.05. The van der Waals surface area contributed by atoms with Crippen molar-refractivity contribution < 1.29 is 9.90 Å². The summed E-state index contributed by atoms with van der Waals surface area (Å²) in [5, 5.41) is 14.4. The van der Waals surface area contributed by atoms with Crippen molar-refractivity contribution in [1.29, 1.82) is 0 Å². The van der Waals surface area contributed by atoms with Crippen LogP contribution in [0.5, 0.6) is 0 Å². The van der Waals surface area contributed by atoms with Crippen LogP contribution in [0.15, 0.2) is 0 Å².